The van der Waals surface area contributed by atoms with Crippen molar-refractivity contribution in [1.82, 2.24) is 9.55 Å². The van der Waals surface area contributed by atoms with E-state index in [0.717, 1.165) is 12.4 Å². The van der Waals surface area contributed by atoms with Crippen LogP contribution in [0.15, 0.2) is 18.5 Å². The average molecular weight is 218 g/mol. The van der Waals surface area contributed by atoms with Crippen LogP contribution in [0, 0.1) is 12.3 Å². The Labute approximate surface area is 94.9 Å². The number of rotatable bonds is 5. The van der Waals surface area contributed by atoms with Crippen molar-refractivity contribution in [3.05, 3.63) is 24.3 Å². The number of hydrogen-bond donors (Lipinski definition) is 0. The zero-order valence-electron chi connectivity index (χ0n) is 9.22. The van der Waals surface area contributed by atoms with E-state index in [1.807, 2.05) is 17.7 Å². The van der Waals surface area contributed by atoms with Gasteiger partial charge < -0.3 is 9.30 Å². The summed E-state index contributed by atoms with van der Waals surface area (Å²) in [5, 5.41) is 0. The summed E-state index contributed by atoms with van der Waals surface area (Å²) in [6.45, 7) is 3.07. The fourth-order valence-electron chi connectivity index (χ4n) is 1.15. The lowest BCUT2D eigenvalue weighted by atomic mass is 10.4. The molecule has 0 aliphatic rings. The molecule has 0 atom stereocenters. The molecule has 0 bridgehead atoms. The van der Waals surface area contributed by atoms with Crippen molar-refractivity contribution in [3.63, 3.8) is 0 Å². The summed E-state index contributed by atoms with van der Waals surface area (Å²) in [5.74, 6) is 2.72. The van der Waals surface area contributed by atoms with Gasteiger partial charge in [-0.1, -0.05) is 0 Å². The molecule has 0 saturated carbocycles. The molecule has 0 aromatic carbocycles. The maximum atomic E-state index is 11.2. The van der Waals surface area contributed by atoms with Crippen molar-refractivity contribution in [2.75, 3.05) is 6.61 Å². The first-order valence-corrected chi connectivity index (χ1v) is 5.07. The molecule has 0 unspecified atom stereocenters. The van der Waals surface area contributed by atoms with Gasteiger partial charge in [-0.3, -0.25) is 0 Å². The summed E-state index contributed by atoms with van der Waals surface area (Å²) in [5.41, 5.74) is 0. The van der Waals surface area contributed by atoms with E-state index in [9.17, 15) is 4.79 Å². The number of hydrogen-bond acceptors (Lipinski definition) is 3. The number of nitrogens with zero attached hydrogens (tertiary/aromatic N) is 2. The first kappa shape index (κ1) is 12.1. The van der Waals surface area contributed by atoms with Crippen LogP contribution in [-0.2, 0) is 16.1 Å². The van der Waals surface area contributed by atoms with Crippen LogP contribution >= 0.6 is 0 Å². The fourth-order valence-corrected chi connectivity index (χ4v) is 1.15. The van der Waals surface area contributed by atoms with Crippen LogP contribution in [0.2, 0.25) is 0 Å². The molecular formula is C12H14N2O2. The third kappa shape index (κ3) is 3.62. The predicted octanol–water partition coefficient (Wildman–Crippen LogP) is 1.48. The largest absolute Gasteiger partial charge is 0.462 e. The fraction of sp³-hybridized carbons (Fsp3) is 0.333. The van der Waals surface area contributed by atoms with Crippen LogP contribution in [0.3, 0.4) is 0 Å². The van der Waals surface area contributed by atoms with E-state index >= 15 is 0 Å². The van der Waals surface area contributed by atoms with E-state index in [0.29, 0.717) is 6.42 Å². The maximum absolute atomic E-state index is 11.2. The lowest BCUT2D eigenvalue weighted by Gasteiger charge is -1.99. The first-order chi connectivity index (χ1) is 7.77. The molecule has 4 nitrogen and oxygen atoms in total. The molecule has 16 heavy (non-hydrogen) atoms. The normalized spacial score (nSPS) is 10.2. The number of aromatic nitrogens is 2. The van der Waals surface area contributed by atoms with Gasteiger partial charge in [0.15, 0.2) is 0 Å². The molecule has 0 N–H and O–H groups in total. The Balaban J connectivity index is 2.47. The summed E-state index contributed by atoms with van der Waals surface area (Å²) < 4.78 is 6.77. The van der Waals surface area contributed by atoms with Gasteiger partial charge in [-0.2, -0.15) is 0 Å². The molecular weight excluding hydrogens is 204 g/mol. The van der Waals surface area contributed by atoms with E-state index in [1.165, 1.54) is 6.08 Å². The van der Waals surface area contributed by atoms with Gasteiger partial charge in [-0.05, 0) is 13.0 Å². The van der Waals surface area contributed by atoms with Crippen molar-refractivity contribution >= 4 is 12.0 Å². The Morgan fingerprint density at radius 2 is 2.56 bits per heavy atom. The summed E-state index contributed by atoms with van der Waals surface area (Å²) >= 11 is 0. The highest BCUT2D eigenvalue weighted by atomic mass is 16.5. The van der Waals surface area contributed by atoms with Gasteiger partial charge in [0.25, 0.3) is 0 Å². The molecule has 1 aromatic rings. The van der Waals surface area contributed by atoms with Crippen molar-refractivity contribution in [2.45, 2.75) is 19.9 Å². The molecule has 0 aliphatic heterocycles. The zero-order valence-corrected chi connectivity index (χ0v) is 9.22. The number of imidazole rings is 1. The second-order valence-electron chi connectivity index (χ2n) is 3.03. The summed E-state index contributed by atoms with van der Waals surface area (Å²) in [4.78, 5) is 15.3. The van der Waals surface area contributed by atoms with Gasteiger partial charge in [0.2, 0.25) is 0 Å². The van der Waals surface area contributed by atoms with E-state index in [-0.39, 0.29) is 6.61 Å². The van der Waals surface area contributed by atoms with Gasteiger partial charge in [0.1, 0.15) is 12.4 Å². The van der Waals surface area contributed by atoms with E-state index < -0.39 is 5.97 Å². The molecule has 1 heterocycles. The number of aryl methyl sites for hydroxylation is 1. The van der Waals surface area contributed by atoms with Gasteiger partial charge in [-0.15, -0.1) is 12.3 Å². The molecule has 0 spiro atoms. The minimum absolute atomic E-state index is 0.252. The SMILES string of the molecule is C#CCCOC(=O)C=Cc1nccn1CC. The number of esters is 1. The smallest absolute Gasteiger partial charge is 0.330 e. The van der Waals surface area contributed by atoms with Crippen LogP contribution in [0.5, 0.6) is 0 Å². The van der Waals surface area contributed by atoms with E-state index in [1.54, 1.807) is 12.3 Å². The molecule has 0 fully saturated rings. The third-order valence-corrected chi connectivity index (χ3v) is 1.95. The van der Waals surface area contributed by atoms with Crippen LogP contribution in [0.25, 0.3) is 6.08 Å². The Bertz CT molecular complexity index is 413. The van der Waals surface area contributed by atoms with Crippen molar-refractivity contribution in [2.24, 2.45) is 0 Å². The highest BCUT2D eigenvalue weighted by molar-refractivity contribution is 5.86. The number of terminal acetylenes is 1. The summed E-state index contributed by atoms with van der Waals surface area (Å²) in [6.07, 6.45) is 12.0. The third-order valence-electron chi connectivity index (χ3n) is 1.95. The molecule has 4 heteroatoms. The minimum atomic E-state index is -0.402. The minimum Gasteiger partial charge on any atom is -0.462 e. The highest BCUT2D eigenvalue weighted by Gasteiger charge is 1.99. The van der Waals surface area contributed by atoms with Gasteiger partial charge in [0.05, 0.1) is 0 Å². The van der Waals surface area contributed by atoms with Crippen molar-refractivity contribution < 1.29 is 9.53 Å². The zero-order chi connectivity index (χ0) is 11.8. The van der Waals surface area contributed by atoms with Gasteiger partial charge >= 0.3 is 5.97 Å². The molecule has 0 aliphatic carbocycles. The molecule has 1 aromatic heterocycles. The van der Waals surface area contributed by atoms with Gasteiger partial charge in [0, 0.05) is 31.4 Å². The second kappa shape index (κ2) is 6.46. The highest BCUT2D eigenvalue weighted by Crippen LogP contribution is 2.00. The maximum Gasteiger partial charge on any atom is 0.330 e. The standard InChI is InChI=1S/C12H14N2O2/c1-3-5-10-16-12(15)7-6-11-13-8-9-14(11)4-2/h1,6-9H,4-5,10H2,2H3. The molecule has 0 amide bonds. The van der Waals surface area contributed by atoms with E-state index in [2.05, 4.69) is 10.9 Å². The lowest BCUT2D eigenvalue weighted by Crippen LogP contribution is -2.02. The number of carbonyl (C=O) groups is 1. The van der Waals surface area contributed by atoms with Gasteiger partial charge in [-0.25, -0.2) is 9.78 Å². The second-order valence-corrected chi connectivity index (χ2v) is 3.03. The molecule has 0 saturated heterocycles. The Kier molecular flexibility index (Phi) is 4.87. The Hall–Kier alpha value is -2.02. The Morgan fingerprint density at radius 3 is 3.25 bits per heavy atom. The number of carbonyl (C=O) groups excluding carboxylic acids is 1. The monoisotopic (exact) mass is 218 g/mol. The molecule has 0 radical (unpaired) electrons. The van der Waals surface area contributed by atoms with Crippen molar-refractivity contribution in [3.8, 4) is 12.3 Å². The van der Waals surface area contributed by atoms with E-state index in [4.69, 9.17) is 11.2 Å². The average Bonchev–Trinajstić information content (AvgIpc) is 2.74. The first-order valence-electron chi connectivity index (χ1n) is 5.07. The van der Waals surface area contributed by atoms with Crippen LogP contribution < -0.4 is 0 Å². The predicted molar refractivity (Wildman–Crippen MR) is 61.3 cm³/mol. The Morgan fingerprint density at radius 1 is 1.75 bits per heavy atom. The molecule has 1 rings (SSSR count). The van der Waals surface area contributed by atoms with Crippen LogP contribution in [0.4, 0.5) is 0 Å². The van der Waals surface area contributed by atoms with Crippen molar-refractivity contribution in [1.29, 1.82) is 0 Å². The summed E-state index contributed by atoms with van der Waals surface area (Å²) in [6, 6.07) is 0. The number of ether oxygens (including phenoxy) is 1. The molecule has 84 valence electrons. The lowest BCUT2D eigenvalue weighted by molar-refractivity contribution is -0.137. The van der Waals surface area contributed by atoms with Crippen LogP contribution in [-0.4, -0.2) is 22.1 Å². The van der Waals surface area contributed by atoms with Crippen LogP contribution in [0.1, 0.15) is 19.2 Å². The topological polar surface area (TPSA) is 44.1 Å². The quantitative estimate of drug-likeness (QED) is 0.325. The summed E-state index contributed by atoms with van der Waals surface area (Å²) in [7, 11) is 0.